The lowest BCUT2D eigenvalue weighted by molar-refractivity contribution is -0.119. The number of anilines is 1. The Morgan fingerprint density at radius 1 is 1.13 bits per heavy atom. The lowest BCUT2D eigenvalue weighted by Gasteiger charge is -2.37. The van der Waals surface area contributed by atoms with Crippen LogP contribution in [0.1, 0.15) is 29.2 Å². The quantitative estimate of drug-likeness (QED) is 0.742. The number of fused-ring (bicyclic) bond motifs is 1. The van der Waals surface area contributed by atoms with E-state index in [0.29, 0.717) is 6.42 Å². The van der Waals surface area contributed by atoms with Gasteiger partial charge in [0.15, 0.2) is 0 Å². The highest BCUT2D eigenvalue weighted by Crippen LogP contribution is 2.31. The average Bonchev–Trinajstić information content (AvgIpc) is 2.83. The van der Waals surface area contributed by atoms with Gasteiger partial charge >= 0.3 is 0 Å². The predicted molar refractivity (Wildman–Crippen MR) is 123 cm³/mol. The van der Waals surface area contributed by atoms with Crippen molar-refractivity contribution in [2.75, 3.05) is 58.4 Å². The van der Waals surface area contributed by atoms with Gasteiger partial charge in [-0.2, -0.15) is 0 Å². The molecule has 0 aromatic heterocycles. The molecule has 4 rings (SSSR count). The SMILES string of the molecule is CNC(=O)Cc1ccc2c(c1)CCO[C@H]2CCN1CCN(c2ccc(OC)cc2)CC1. The van der Waals surface area contributed by atoms with E-state index in [-0.39, 0.29) is 12.0 Å². The van der Waals surface area contributed by atoms with Crippen LogP contribution in [0.5, 0.6) is 5.75 Å². The van der Waals surface area contributed by atoms with Crippen molar-refractivity contribution >= 4 is 11.6 Å². The minimum absolute atomic E-state index is 0.0531. The van der Waals surface area contributed by atoms with E-state index in [1.807, 2.05) is 12.1 Å². The van der Waals surface area contributed by atoms with E-state index in [1.54, 1.807) is 14.2 Å². The van der Waals surface area contributed by atoms with E-state index in [2.05, 4.69) is 45.4 Å². The molecule has 1 fully saturated rings. The predicted octanol–water partition coefficient (Wildman–Crippen LogP) is 2.81. The number of nitrogens with zero attached hydrogens (tertiary/aromatic N) is 2. The van der Waals surface area contributed by atoms with Gasteiger partial charge < -0.3 is 19.7 Å². The molecule has 0 unspecified atom stereocenters. The van der Waals surface area contributed by atoms with Crippen molar-refractivity contribution in [3.05, 3.63) is 59.2 Å². The first-order valence-corrected chi connectivity index (χ1v) is 11.2. The van der Waals surface area contributed by atoms with Gasteiger partial charge in [-0.1, -0.05) is 18.2 Å². The molecule has 0 aliphatic carbocycles. The van der Waals surface area contributed by atoms with Crippen molar-refractivity contribution < 1.29 is 14.3 Å². The third-order valence-corrected chi connectivity index (χ3v) is 6.41. The zero-order valence-electron chi connectivity index (χ0n) is 18.6. The summed E-state index contributed by atoms with van der Waals surface area (Å²) in [6.45, 7) is 6.01. The van der Waals surface area contributed by atoms with E-state index in [9.17, 15) is 4.79 Å². The average molecular weight is 424 g/mol. The monoisotopic (exact) mass is 423 g/mol. The third kappa shape index (κ3) is 5.38. The molecule has 1 atom stereocenters. The Morgan fingerprint density at radius 2 is 1.90 bits per heavy atom. The number of methoxy groups -OCH3 is 1. The van der Waals surface area contributed by atoms with Gasteiger partial charge in [-0.3, -0.25) is 9.69 Å². The van der Waals surface area contributed by atoms with Gasteiger partial charge in [0.25, 0.3) is 0 Å². The Hall–Kier alpha value is -2.57. The molecule has 2 aliphatic rings. The number of nitrogens with one attached hydrogen (secondary N) is 1. The first kappa shape index (κ1) is 21.7. The first-order valence-electron chi connectivity index (χ1n) is 11.2. The van der Waals surface area contributed by atoms with Gasteiger partial charge in [0.05, 0.1) is 26.2 Å². The molecule has 1 saturated heterocycles. The van der Waals surface area contributed by atoms with Crippen molar-refractivity contribution in [2.45, 2.75) is 25.4 Å². The first-order chi connectivity index (χ1) is 15.2. The highest BCUT2D eigenvalue weighted by atomic mass is 16.5. The summed E-state index contributed by atoms with van der Waals surface area (Å²) in [6.07, 6.45) is 2.52. The maximum atomic E-state index is 11.7. The van der Waals surface area contributed by atoms with Gasteiger partial charge in [-0.25, -0.2) is 0 Å². The molecule has 2 aliphatic heterocycles. The van der Waals surface area contributed by atoms with Crippen LogP contribution >= 0.6 is 0 Å². The maximum absolute atomic E-state index is 11.7. The normalized spacial score (nSPS) is 19.0. The molecule has 0 spiro atoms. The topological polar surface area (TPSA) is 54.0 Å². The molecule has 0 saturated carbocycles. The smallest absolute Gasteiger partial charge is 0.224 e. The van der Waals surface area contributed by atoms with Crippen molar-refractivity contribution in [3.63, 3.8) is 0 Å². The van der Waals surface area contributed by atoms with Crippen LogP contribution < -0.4 is 15.0 Å². The van der Waals surface area contributed by atoms with Crippen LogP contribution in [0.2, 0.25) is 0 Å². The fourth-order valence-corrected chi connectivity index (χ4v) is 4.54. The lowest BCUT2D eigenvalue weighted by atomic mass is 9.93. The van der Waals surface area contributed by atoms with Gasteiger partial charge in [-0.05, 0) is 53.8 Å². The van der Waals surface area contributed by atoms with Crippen molar-refractivity contribution in [3.8, 4) is 5.75 Å². The van der Waals surface area contributed by atoms with Crippen LogP contribution in [-0.4, -0.2) is 64.3 Å². The molecule has 1 N–H and O–H groups in total. The zero-order valence-corrected chi connectivity index (χ0v) is 18.6. The summed E-state index contributed by atoms with van der Waals surface area (Å²) in [7, 11) is 3.38. The highest BCUT2D eigenvalue weighted by molar-refractivity contribution is 5.78. The summed E-state index contributed by atoms with van der Waals surface area (Å²) in [5.74, 6) is 0.952. The van der Waals surface area contributed by atoms with Crippen molar-refractivity contribution in [1.29, 1.82) is 0 Å². The lowest BCUT2D eigenvalue weighted by Crippen LogP contribution is -2.46. The Labute approximate surface area is 185 Å². The molecule has 1 amide bonds. The highest BCUT2D eigenvalue weighted by Gasteiger charge is 2.23. The van der Waals surface area contributed by atoms with Crippen molar-refractivity contribution in [2.24, 2.45) is 0 Å². The number of piperazine rings is 1. The Kier molecular flexibility index (Phi) is 7.10. The molecule has 2 aromatic rings. The van der Waals surface area contributed by atoms with Gasteiger partial charge in [0.1, 0.15) is 5.75 Å². The summed E-state index contributed by atoms with van der Waals surface area (Å²) in [5, 5.41) is 2.70. The van der Waals surface area contributed by atoms with Gasteiger partial charge in [-0.15, -0.1) is 0 Å². The fraction of sp³-hybridized carbons (Fsp3) is 0.480. The van der Waals surface area contributed by atoms with E-state index in [1.165, 1.54) is 16.8 Å². The number of carbonyl (C=O) groups excluding carboxylic acids is 1. The van der Waals surface area contributed by atoms with E-state index in [4.69, 9.17) is 9.47 Å². The molecule has 6 nitrogen and oxygen atoms in total. The second-order valence-electron chi connectivity index (χ2n) is 8.31. The largest absolute Gasteiger partial charge is 0.497 e. The Bertz CT molecular complexity index is 876. The number of likely N-dealkylation sites (N-methyl/N-ethyl adjacent to an activating group) is 1. The minimum Gasteiger partial charge on any atom is -0.497 e. The van der Waals surface area contributed by atoms with E-state index >= 15 is 0 Å². The van der Waals surface area contributed by atoms with Crippen LogP contribution in [0.15, 0.2) is 42.5 Å². The molecule has 6 heteroatoms. The zero-order chi connectivity index (χ0) is 21.6. The molecule has 2 aromatic carbocycles. The van der Waals surface area contributed by atoms with Crippen LogP contribution in [0.25, 0.3) is 0 Å². The van der Waals surface area contributed by atoms with Crippen LogP contribution in [0.4, 0.5) is 5.69 Å². The second-order valence-corrected chi connectivity index (χ2v) is 8.31. The molecular formula is C25H33N3O3. The molecule has 0 radical (unpaired) electrons. The molecule has 2 heterocycles. The van der Waals surface area contributed by atoms with E-state index in [0.717, 1.165) is 63.5 Å². The number of benzene rings is 2. The standard InChI is InChI=1S/C25H33N3O3/c1-26-25(29)18-19-3-8-23-20(17-19)10-16-31-24(23)9-11-27-12-14-28(15-13-27)21-4-6-22(30-2)7-5-21/h3-8,17,24H,9-16,18H2,1-2H3,(H,26,29)/t24-/m0/s1. The Morgan fingerprint density at radius 3 is 2.61 bits per heavy atom. The molecule has 166 valence electrons. The third-order valence-electron chi connectivity index (χ3n) is 6.41. The number of amides is 1. The second kappa shape index (κ2) is 10.2. The maximum Gasteiger partial charge on any atom is 0.224 e. The van der Waals surface area contributed by atoms with Gasteiger partial charge in [0, 0.05) is 45.5 Å². The van der Waals surface area contributed by atoms with Crippen LogP contribution in [-0.2, 0) is 22.4 Å². The summed E-state index contributed by atoms with van der Waals surface area (Å²) in [5.41, 5.74) is 4.97. The summed E-state index contributed by atoms with van der Waals surface area (Å²) in [6, 6.07) is 14.8. The van der Waals surface area contributed by atoms with Crippen LogP contribution in [0, 0.1) is 0 Å². The summed E-state index contributed by atoms with van der Waals surface area (Å²) < 4.78 is 11.4. The number of carbonyl (C=O) groups is 1. The summed E-state index contributed by atoms with van der Waals surface area (Å²) in [4.78, 5) is 16.7. The summed E-state index contributed by atoms with van der Waals surface area (Å²) >= 11 is 0. The molecule has 31 heavy (non-hydrogen) atoms. The Balaban J connectivity index is 1.29. The minimum atomic E-state index is 0.0531. The number of hydrogen-bond acceptors (Lipinski definition) is 5. The number of hydrogen-bond donors (Lipinski definition) is 1. The number of ether oxygens (including phenoxy) is 2. The van der Waals surface area contributed by atoms with Crippen molar-refractivity contribution in [1.82, 2.24) is 10.2 Å². The van der Waals surface area contributed by atoms with Crippen LogP contribution in [0.3, 0.4) is 0 Å². The molecular weight excluding hydrogens is 390 g/mol. The van der Waals surface area contributed by atoms with Gasteiger partial charge in [0.2, 0.25) is 5.91 Å². The number of rotatable bonds is 7. The molecule has 0 bridgehead atoms. The fourth-order valence-electron chi connectivity index (χ4n) is 4.54. The van der Waals surface area contributed by atoms with E-state index < -0.39 is 0 Å².